The largest absolute Gasteiger partial charge is 0.368 e. The quantitative estimate of drug-likeness (QED) is 0.752. The summed E-state index contributed by atoms with van der Waals surface area (Å²) in [6.07, 6.45) is 0. The molecule has 2 amide bonds. The first-order chi connectivity index (χ1) is 12.4. The van der Waals surface area contributed by atoms with Crippen LogP contribution in [0.5, 0.6) is 0 Å². The average molecular weight is 392 g/mol. The lowest BCUT2D eigenvalue weighted by Crippen LogP contribution is -2.50. The summed E-state index contributed by atoms with van der Waals surface area (Å²) >= 11 is 12.1. The van der Waals surface area contributed by atoms with Gasteiger partial charge in [0.1, 0.15) is 0 Å². The number of halogens is 2. The van der Waals surface area contributed by atoms with Gasteiger partial charge in [0.15, 0.2) is 0 Å². The molecule has 1 saturated heterocycles. The number of amides is 2. The Morgan fingerprint density at radius 3 is 2.19 bits per heavy atom. The maximum atomic E-state index is 12.5. The van der Waals surface area contributed by atoms with Crippen molar-refractivity contribution < 1.29 is 4.79 Å². The Morgan fingerprint density at radius 2 is 1.62 bits per heavy atom. The van der Waals surface area contributed by atoms with Crippen LogP contribution in [-0.4, -0.2) is 37.1 Å². The molecular weight excluding hydrogens is 369 g/mol. The Balaban J connectivity index is 1.55. The third-order valence-corrected chi connectivity index (χ3v) is 5.40. The Kier molecular flexibility index (Phi) is 5.94. The van der Waals surface area contributed by atoms with Crippen LogP contribution >= 0.6 is 23.2 Å². The van der Waals surface area contributed by atoms with Gasteiger partial charge in [0.2, 0.25) is 0 Å². The molecule has 0 aromatic heterocycles. The summed E-state index contributed by atoms with van der Waals surface area (Å²) < 4.78 is 0. The Hall–Kier alpha value is -1.91. The van der Waals surface area contributed by atoms with Gasteiger partial charge in [-0.3, -0.25) is 0 Å². The molecule has 0 aliphatic carbocycles. The molecule has 0 atom stereocenters. The van der Waals surface area contributed by atoms with E-state index in [9.17, 15) is 4.79 Å². The molecule has 1 aliphatic rings. The Bertz CT molecular complexity index is 769. The molecule has 6 heteroatoms. The second-order valence-corrected chi connectivity index (χ2v) is 7.59. The van der Waals surface area contributed by atoms with E-state index < -0.39 is 0 Å². The Labute approximate surface area is 164 Å². The number of benzene rings is 2. The number of carbonyl (C=O) groups is 1. The third kappa shape index (κ3) is 4.43. The molecule has 1 aliphatic heterocycles. The van der Waals surface area contributed by atoms with E-state index in [4.69, 9.17) is 23.2 Å². The lowest BCUT2D eigenvalue weighted by atomic mass is 10.0. The minimum Gasteiger partial charge on any atom is -0.368 e. The van der Waals surface area contributed by atoms with E-state index in [0.717, 1.165) is 24.5 Å². The first kappa shape index (κ1) is 18.9. The van der Waals surface area contributed by atoms with Crippen molar-refractivity contribution in [2.45, 2.75) is 19.8 Å². The zero-order chi connectivity index (χ0) is 18.7. The number of nitrogens with one attached hydrogen (secondary N) is 1. The van der Waals surface area contributed by atoms with E-state index in [-0.39, 0.29) is 6.03 Å². The van der Waals surface area contributed by atoms with Crippen molar-refractivity contribution in [3.8, 4) is 0 Å². The highest BCUT2D eigenvalue weighted by Crippen LogP contribution is 2.28. The molecule has 138 valence electrons. The van der Waals surface area contributed by atoms with E-state index in [2.05, 4.69) is 36.2 Å². The van der Waals surface area contributed by atoms with Crippen LogP contribution < -0.4 is 10.2 Å². The molecule has 3 rings (SSSR count). The maximum Gasteiger partial charge on any atom is 0.321 e. The van der Waals surface area contributed by atoms with Gasteiger partial charge in [-0.15, -0.1) is 0 Å². The van der Waals surface area contributed by atoms with Crippen molar-refractivity contribution in [3.05, 3.63) is 58.1 Å². The van der Waals surface area contributed by atoms with Gasteiger partial charge in [-0.2, -0.15) is 0 Å². The van der Waals surface area contributed by atoms with Crippen LogP contribution in [0, 0.1) is 0 Å². The number of urea groups is 1. The fourth-order valence-corrected chi connectivity index (χ4v) is 3.30. The topological polar surface area (TPSA) is 35.6 Å². The molecular formula is C20H23Cl2N3O. The van der Waals surface area contributed by atoms with Gasteiger partial charge in [0.05, 0.1) is 10.0 Å². The molecule has 26 heavy (non-hydrogen) atoms. The van der Waals surface area contributed by atoms with Crippen molar-refractivity contribution in [2.24, 2.45) is 0 Å². The second kappa shape index (κ2) is 8.19. The minimum absolute atomic E-state index is 0.0592. The van der Waals surface area contributed by atoms with E-state index in [1.165, 1.54) is 5.56 Å². The van der Waals surface area contributed by atoms with Crippen LogP contribution in [0.3, 0.4) is 0 Å². The van der Waals surface area contributed by atoms with E-state index in [0.29, 0.717) is 29.1 Å². The van der Waals surface area contributed by atoms with Crippen molar-refractivity contribution in [1.82, 2.24) is 4.90 Å². The number of hydrogen-bond acceptors (Lipinski definition) is 2. The van der Waals surface area contributed by atoms with Gasteiger partial charge in [0, 0.05) is 37.6 Å². The summed E-state index contributed by atoms with van der Waals surface area (Å²) in [4.78, 5) is 16.5. The van der Waals surface area contributed by atoms with Crippen LogP contribution in [0.25, 0.3) is 0 Å². The number of anilines is 2. The zero-order valence-corrected chi connectivity index (χ0v) is 16.5. The molecule has 0 saturated carbocycles. The average Bonchev–Trinajstić information content (AvgIpc) is 2.64. The summed E-state index contributed by atoms with van der Waals surface area (Å²) in [6.45, 7) is 7.16. The van der Waals surface area contributed by atoms with Crippen molar-refractivity contribution >= 4 is 40.6 Å². The number of nitrogens with zero attached hydrogens (tertiary/aromatic N) is 2. The minimum atomic E-state index is -0.0592. The highest BCUT2D eigenvalue weighted by molar-refractivity contribution is 6.42. The standard InChI is InChI=1S/C20H23Cl2N3O/c1-14(2)15-3-5-16(6-4-15)23-20(26)25-11-9-24(10-12-25)17-7-8-18(21)19(22)13-17/h3-8,13-14H,9-12H2,1-2H3,(H,23,26). The van der Waals surface area contributed by atoms with Gasteiger partial charge >= 0.3 is 6.03 Å². The normalized spacial score (nSPS) is 14.7. The molecule has 2 aromatic rings. The first-order valence-corrected chi connectivity index (χ1v) is 9.55. The molecule has 4 nitrogen and oxygen atoms in total. The SMILES string of the molecule is CC(C)c1ccc(NC(=O)N2CCN(c3ccc(Cl)c(Cl)c3)CC2)cc1. The molecule has 0 bridgehead atoms. The maximum absolute atomic E-state index is 12.5. The number of rotatable bonds is 3. The van der Waals surface area contributed by atoms with Crippen LogP contribution in [0.2, 0.25) is 10.0 Å². The van der Waals surface area contributed by atoms with Gasteiger partial charge in [-0.05, 0) is 41.8 Å². The number of piperazine rings is 1. The van der Waals surface area contributed by atoms with Gasteiger partial charge in [-0.25, -0.2) is 4.79 Å². The summed E-state index contributed by atoms with van der Waals surface area (Å²) in [7, 11) is 0. The number of hydrogen-bond donors (Lipinski definition) is 1. The van der Waals surface area contributed by atoms with Crippen LogP contribution in [0.1, 0.15) is 25.3 Å². The van der Waals surface area contributed by atoms with Crippen LogP contribution in [0.15, 0.2) is 42.5 Å². The van der Waals surface area contributed by atoms with E-state index >= 15 is 0 Å². The van der Waals surface area contributed by atoms with Crippen LogP contribution in [0.4, 0.5) is 16.2 Å². The molecule has 2 aromatic carbocycles. The number of carbonyl (C=O) groups excluding carboxylic acids is 1. The predicted molar refractivity (Wildman–Crippen MR) is 110 cm³/mol. The van der Waals surface area contributed by atoms with Gasteiger partial charge in [-0.1, -0.05) is 49.2 Å². The lowest BCUT2D eigenvalue weighted by Gasteiger charge is -2.36. The summed E-state index contributed by atoms with van der Waals surface area (Å²) in [5.74, 6) is 0.481. The summed E-state index contributed by atoms with van der Waals surface area (Å²) in [5.41, 5.74) is 3.12. The van der Waals surface area contributed by atoms with Crippen molar-refractivity contribution in [2.75, 3.05) is 36.4 Å². The molecule has 0 radical (unpaired) electrons. The Morgan fingerprint density at radius 1 is 0.962 bits per heavy atom. The van der Waals surface area contributed by atoms with E-state index in [1.807, 2.05) is 29.2 Å². The fourth-order valence-electron chi connectivity index (χ4n) is 3.00. The summed E-state index contributed by atoms with van der Waals surface area (Å²) in [5, 5.41) is 4.08. The molecule has 0 unspecified atom stereocenters. The highest BCUT2D eigenvalue weighted by atomic mass is 35.5. The molecule has 1 heterocycles. The van der Waals surface area contributed by atoms with Gasteiger partial charge in [0.25, 0.3) is 0 Å². The fraction of sp³-hybridized carbons (Fsp3) is 0.350. The zero-order valence-electron chi connectivity index (χ0n) is 15.0. The lowest BCUT2D eigenvalue weighted by molar-refractivity contribution is 0.208. The summed E-state index contributed by atoms with van der Waals surface area (Å²) in [6, 6.07) is 13.6. The predicted octanol–water partition coefficient (Wildman–Crippen LogP) is 5.47. The highest BCUT2D eigenvalue weighted by Gasteiger charge is 2.21. The van der Waals surface area contributed by atoms with Crippen LogP contribution in [-0.2, 0) is 0 Å². The molecule has 1 fully saturated rings. The molecule has 1 N–H and O–H groups in total. The van der Waals surface area contributed by atoms with Crippen molar-refractivity contribution in [1.29, 1.82) is 0 Å². The third-order valence-electron chi connectivity index (χ3n) is 4.66. The van der Waals surface area contributed by atoms with Crippen molar-refractivity contribution in [3.63, 3.8) is 0 Å². The molecule has 0 spiro atoms. The van der Waals surface area contributed by atoms with Gasteiger partial charge < -0.3 is 15.1 Å². The van der Waals surface area contributed by atoms with E-state index in [1.54, 1.807) is 6.07 Å². The smallest absolute Gasteiger partial charge is 0.321 e. The second-order valence-electron chi connectivity index (χ2n) is 6.78. The first-order valence-electron chi connectivity index (χ1n) is 8.80. The monoisotopic (exact) mass is 391 g/mol.